The van der Waals surface area contributed by atoms with Crippen molar-refractivity contribution in [3.8, 4) is 11.6 Å². The van der Waals surface area contributed by atoms with Crippen LogP contribution in [0.1, 0.15) is 22.3 Å². The summed E-state index contributed by atoms with van der Waals surface area (Å²) in [7, 11) is 2.12. The van der Waals surface area contributed by atoms with Gasteiger partial charge in [-0.3, -0.25) is 4.79 Å². The Bertz CT molecular complexity index is 818. The SMILES string of the molecule is CN1CCN(CCCNC(=O)c2ccc(Oc3ccc(C(F)(F)F)cn3)cc2)CC1. The number of ether oxygens (including phenoxy) is 1. The average Bonchev–Trinajstić information content (AvgIpc) is 2.72. The van der Waals surface area contributed by atoms with Crippen molar-refractivity contribution >= 4 is 5.91 Å². The predicted molar refractivity (Wildman–Crippen MR) is 107 cm³/mol. The van der Waals surface area contributed by atoms with E-state index in [-0.39, 0.29) is 11.8 Å². The number of halogens is 3. The van der Waals surface area contributed by atoms with Gasteiger partial charge < -0.3 is 19.9 Å². The van der Waals surface area contributed by atoms with Gasteiger partial charge in [0.25, 0.3) is 5.91 Å². The zero-order chi connectivity index (χ0) is 21.6. The fraction of sp³-hybridized carbons (Fsp3) is 0.429. The molecule has 6 nitrogen and oxygen atoms in total. The molecule has 0 unspecified atom stereocenters. The van der Waals surface area contributed by atoms with Gasteiger partial charge in [-0.15, -0.1) is 0 Å². The molecule has 1 amide bonds. The zero-order valence-corrected chi connectivity index (χ0v) is 16.8. The lowest BCUT2D eigenvalue weighted by molar-refractivity contribution is -0.137. The maximum Gasteiger partial charge on any atom is 0.417 e. The topological polar surface area (TPSA) is 57.7 Å². The summed E-state index contributed by atoms with van der Waals surface area (Å²) in [5, 5.41) is 2.90. The Kier molecular flexibility index (Phi) is 7.28. The molecule has 162 valence electrons. The third-order valence-corrected chi connectivity index (χ3v) is 4.94. The van der Waals surface area contributed by atoms with E-state index in [9.17, 15) is 18.0 Å². The van der Waals surface area contributed by atoms with Crippen LogP contribution in [0.25, 0.3) is 0 Å². The van der Waals surface area contributed by atoms with Crippen LogP contribution in [0.15, 0.2) is 42.6 Å². The highest BCUT2D eigenvalue weighted by Gasteiger charge is 2.30. The van der Waals surface area contributed by atoms with Crippen molar-refractivity contribution in [1.82, 2.24) is 20.1 Å². The van der Waals surface area contributed by atoms with Gasteiger partial charge >= 0.3 is 6.18 Å². The lowest BCUT2D eigenvalue weighted by Crippen LogP contribution is -2.45. The first-order chi connectivity index (χ1) is 14.3. The van der Waals surface area contributed by atoms with Crippen LogP contribution in [0.4, 0.5) is 13.2 Å². The van der Waals surface area contributed by atoms with E-state index in [0.717, 1.165) is 57.5 Å². The number of aromatic nitrogens is 1. The smallest absolute Gasteiger partial charge is 0.417 e. The van der Waals surface area contributed by atoms with Gasteiger partial charge in [0.1, 0.15) is 5.75 Å². The molecule has 30 heavy (non-hydrogen) atoms. The van der Waals surface area contributed by atoms with Crippen molar-refractivity contribution in [1.29, 1.82) is 0 Å². The first-order valence-electron chi connectivity index (χ1n) is 9.81. The summed E-state index contributed by atoms with van der Waals surface area (Å²) in [6, 6.07) is 8.44. The van der Waals surface area contributed by atoms with Crippen LogP contribution in [0, 0.1) is 0 Å². The van der Waals surface area contributed by atoms with Gasteiger partial charge in [-0.25, -0.2) is 4.98 Å². The molecule has 2 aromatic rings. The predicted octanol–water partition coefficient (Wildman–Crippen LogP) is 3.26. The Hall–Kier alpha value is -2.65. The standard InChI is InChI=1S/C21H25F3N4O2/c1-27-11-13-28(14-12-27)10-2-9-25-20(29)16-3-6-18(7-4-16)30-19-8-5-17(15-26-19)21(22,23)24/h3-8,15H,2,9-14H2,1H3,(H,25,29). The van der Waals surface area contributed by atoms with Crippen LogP contribution in [-0.4, -0.2) is 67.0 Å². The molecule has 0 radical (unpaired) electrons. The number of alkyl halides is 3. The van der Waals surface area contributed by atoms with Crippen molar-refractivity contribution in [2.24, 2.45) is 0 Å². The molecule has 0 spiro atoms. The number of rotatable bonds is 7. The first kappa shape index (κ1) is 22.0. The van der Waals surface area contributed by atoms with Crippen molar-refractivity contribution < 1.29 is 22.7 Å². The lowest BCUT2D eigenvalue weighted by Gasteiger charge is -2.32. The molecule has 1 aromatic carbocycles. The van der Waals surface area contributed by atoms with Gasteiger partial charge in [0.15, 0.2) is 0 Å². The van der Waals surface area contributed by atoms with Gasteiger partial charge in [0.2, 0.25) is 5.88 Å². The highest BCUT2D eigenvalue weighted by molar-refractivity contribution is 5.94. The molecular formula is C21H25F3N4O2. The van der Waals surface area contributed by atoms with E-state index in [1.807, 2.05) is 0 Å². The number of piperazine rings is 1. The molecule has 1 saturated heterocycles. The number of benzene rings is 1. The van der Waals surface area contributed by atoms with Crippen LogP contribution in [0.3, 0.4) is 0 Å². The number of hydrogen-bond acceptors (Lipinski definition) is 5. The van der Waals surface area contributed by atoms with Gasteiger partial charge in [-0.1, -0.05) is 0 Å². The molecule has 2 heterocycles. The molecule has 1 fully saturated rings. The number of carbonyl (C=O) groups excluding carboxylic acids is 1. The van der Waals surface area contributed by atoms with Crippen molar-refractivity contribution in [3.63, 3.8) is 0 Å². The molecule has 1 aromatic heterocycles. The Morgan fingerprint density at radius 3 is 2.40 bits per heavy atom. The molecule has 9 heteroatoms. The van der Waals surface area contributed by atoms with Crippen molar-refractivity contribution in [2.45, 2.75) is 12.6 Å². The van der Waals surface area contributed by atoms with E-state index in [2.05, 4.69) is 27.1 Å². The minimum Gasteiger partial charge on any atom is -0.439 e. The summed E-state index contributed by atoms with van der Waals surface area (Å²) in [6.45, 7) is 5.81. The van der Waals surface area contributed by atoms with Crippen molar-refractivity contribution in [3.05, 3.63) is 53.7 Å². The monoisotopic (exact) mass is 422 g/mol. The number of hydrogen-bond donors (Lipinski definition) is 1. The highest BCUT2D eigenvalue weighted by Crippen LogP contribution is 2.30. The quantitative estimate of drug-likeness (QED) is 0.695. The number of likely N-dealkylation sites (N-methyl/N-ethyl adjacent to an activating group) is 1. The van der Waals surface area contributed by atoms with E-state index < -0.39 is 11.7 Å². The first-order valence-corrected chi connectivity index (χ1v) is 9.81. The molecule has 0 atom stereocenters. The third-order valence-electron chi connectivity index (χ3n) is 4.94. The fourth-order valence-corrected chi connectivity index (χ4v) is 3.08. The highest BCUT2D eigenvalue weighted by atomic mass is 19.4. The average molecular weight is 422 g/mol. The summed E-state index contributed by atoms with van der Waals surface area (Å²) in [5.74, 6) is 0.255. The van der Waals surface area contributed by atoms with E-state index in [0.29, 0.717) is 17.9 Å². The fourth-order valence-electron chi connectivity index (χ4n) is 3.08. The van der Waals surface area contributed by atoms with Crippen LogP contribution in [-0.2, 0) is 6.18 Å². The van der Waals surface area contributed by atoms with E-state index in [4.69, 9.17) is 4.74 Å². The van der Waals surface area contributed by atoms with Crippen LogP contribution >= 0.6 is 0 Å². The Balaban J connectivity index is 1.42. The number of nitrogens with one attached hydrogen (secondary N) is 1. The zero-order valence-electron chi connectivity index (χ0n) is 16.8. The number of amides is 1. The van der Waals surface area contributed by atoms with Crippen LogP contribution in [0.2, 0.25) is 0 Å². The van der Waals surface area contributed by atoms with Crippen molar-refractivity contribution in [2.75, 3.05) is 46.3 Å². The molecule has 1 aliphatic heterocycles. The minimum atomic E-state index is -4.44. The maximum atomic E-state index is 12.6. The van der Waals surface area contributed by atoms with Gasteiger partial charge in [0, 0.05) is 50.6 Å². The summed E-state index contributed by atoms with van der Waals surface area (Å²) in [5.41, 5.74) is -0.350. The summed E-state index contributed by atoms with van der Waals surface area (Å²) in [4.78, 5) is 20.6. The Morgan fingerprint density at radius 2 is 1.80 bits per heavy atom. The number of pyridine rings is 1. The second-order valence-corrected chi connectivity index (χ2v) is 7.26. The maximum absolute atomic E-state index is 12.6. The molecule has 0 aliphatic carbocycles. The Morgan fingerprint density at radius 1 is 1.10 bits per heavy atom. The number of nitrogens with zero attached hydrogens (tertiary/aromatic N) is 3. The van der Waals surface area contributed by atoms with Gasteiger partial charge in [-0.2, -0.15) is 13.2 Å². The molecule has 1 aliphatic rings. The molecule has 1 N–H and O–H groups in total. The normalized spacial score (nSPS) is 15.7. The van der Waals surface area contributed by atoms with E-state index >= 15 is 0 Å². The molecule has 0 saturated carbocycles. The number of carbonyl (C=O) groups is 1. The minimum absolute atomic E-state index is 0.0455. The molecule has 0 bridgehead atoms. The summed E-state index contributed by atoms with van der Waals surface area (Å²) < 4.78 is 43.1. The Labute approximate surface area is 173 Å². The molecular weight excluding hydrogens is 397 g/mol. The van der Waals surface area contributed by atoms with Crippen LogP contribution < -0.4 is 10.1 Å². The second kappa shape index (κ2) is 9.90. The van der Waals surface area contributed by atoms with Gasteiger partial charge in [0.05, 0.1) is 5.56 Å². The van der Waals surface area contributed by atoms with Crippen LogP contribution in [0.5, 0.6) is 11.6 Å². The van der Waals surface area contributed by atoms with E-state index in [1.165, 1.54) is 0 Å². The summed E-state index contributed by atoms with van der Waals surface area (Å²) >= 11 is 0. The summed E-state index contributed by atoms with van der Waals surface area (Å²) in [6.07, 6.45) is -2.83. The van der Waals surface area contributed by atoms with E-state index in [1.54, 1.807) is 24.3 Å². The molecule has 3 rings (SSSR count). The largest absolute Gasteiger partial charge is 0.439 e. The second-order valence-electron chi connectivity index (χ2n) is 7.26. The lowest BCUT2D eigenvalue weighted by atomic mass is 10.2. The third kappa shape index (κ3) is 6.43. The van der Waals surface area contributed by atoms with Gasteiger partial charge in [-0.05, 0) is 50.3 Å².